The van der Waals surface area contributed by atoms with Crippen LogP contribution in [0.3, 0.4) is 0 Å². The van der Waals surface area contributed by atoms with E-state index in [0.29, 0.717) is 6.54 Å². The molecule has 4 nitrogen and oxygen atoms in total. The number of hydrogen-bond acceptors (Lipinski definition) is 4. The van der Waals surface area contributed by atoms with E-state index in [1.165, 1.54) is 0 Å². The van der Waals surface area contributed by atoms with E-state index in [2.05, 4.69) is 24.1 Å². The van der Waals surface area contributed by atoms with Crippen LogP contribution in [0.5, 0.6) is 0 Å². The number of likely N-dealkylation sites (N-methyl/N-ethyl adjacent to an activating group) is 1. The van der Waals surface area contributed by atoms with Crippen LogP contribution in [0.2, 0.25) is 0 Å². The van der Waals surface area contributed by atoms with Gasteiger partial charge in [-0.1, -0.05) is 13.8 Å². The Bertz CT molecular complexity index is 414. The summed E-state index contributed by atoms with van der Waals surface area (Å²) in [7, 11) is 0. The van der Waals surface area contributed by atoms with Crippen LogP contribution in [-0.2, 0) is 4.79 Å². The summed E-state index contributed by atoms with van der Waals surface area (Å²) in [5, 5.41) is 12.5. The molecule has 19 heavy (non-hydrogen) atoms. The fraction of sp³-hybridized carbons (Fsp3) is 0.643. The van der Waals surface area contributed by atoms with Gasteiger partial charge in [0, 0.05) is 22.8 Å². The van der Waals surface area contributed by atoms with Crippen LogP contribution >= 0.6 is 11.3 Å². The second-order valence-electron chi connectivity index (χ2n) is 4.62. The number of carbonyl (C=O) groups is 1. The molecule has 0 aliphatic carbocycles. The highest BCUT2D eigenvalue weighted by molar-refractivity contribution is 7.12. The summed E-state index contributed by atoms with van der Waals surface area (Å²) in [5.74, 6) is -0.805. The number of nitrogens with one attached hydrogen (secondary N) is 1. The minimum absolute atomic E-state index is 0.597. The first-order valence-electron chi connectivity index (χ1n) is 6.75. The Morgan fingerprint density at radius 3 is 2.47 bits per heavy atom. The van der Waals surface area contributed by atoms with Gasteiger partial charge in [-0.15, -0.1) is 11.3 Å². The van der Waals surface area contributed by atoms with Gasteiger partial charge in [-0.25, -0.2) is 0 Å². The molecule has 108 valence electrons. The zero-order valence-corrected chi connectivity index (χ0v) is 13.0. The zero-order chi connectivity index (χ0) is 14.4. The van der Waals surface area contributed by atoms with Gasteiger partial charge in [0.2, 0.25) is 0 Å². The number of thiophene rings is 1. The van der Waals surface area contributed by atoms with E-state index in [4.69, 9.17) is 0 Å². The maximum absolute atomic E-state index is 11.4. The second kappa shape index (κ2) is 7.62. The number of carboxylic acid groups (broad SMARTS) is 1. The Morgan fingerprint density at radius 1 is 1.42 bits per heavy atom. The van der Waals surface area contributed by atoms with E-state index in [9.17, 15) is 9.90 Å². The predicted molar refractivity (Wildman–Crippen MR) is 80.0 cm³/mol. The first-order chi connectivity index (χ1) is 8.99. The average molecular weight is 284 g/mol. The van der Waals surface area contributed by atoms with Crippen LogP contribution in [-0.4, -0.2) is 42.2 Å². The molecule has 0 aliphatic heterocycles. The normalized spacial score (nSPS) is 12.9. The number of hydrogen-bond donors (Lipinski definition) is 2. The summed E-state index contributed by atoms with van der Waals surface area (Å²) in [6, 6.07) is 1.38. The van der Waals surface area contributed by atoms with Gasteiger partial charge in [0.05, 0.1) is 0 Å². The van der Waals surface area contributed by atoms with Crippen LogP contribution in [0.15, 0.2) is 6.07 Å². The lowest BCUT2D eigenvalue weighted by molar-refractivity contribution is -0.139. The zero-order valence-electron chi connectivity index (χ0n) is 12.2. The fourth-order valence-corrected chi connectivity index (χ4v) is 3.14. The van der Waals surface area contributed by atoms with E-state index in [1.807, 2.05) is 19.9 Å². The van der Waals surface area contributed by atoms with Gasteiger partial charge >= 0.3 is 5.97 Å². The Balaban J connectivity index is 2.64. The van der Waals surface area contributed by atoms with E-state index < -0.39 is 12.0 Å². The van der Waals surface area contributed by atoms with Crippen molar-refractivity contribution in [2.24, 2.45) is 0 Å². The van der Waals surface area contributed by atoms with Crippen molar-refractivity contribution < 1.29 is 9.90 Å². The summed E-state index contributed by atoms with van der Waals surface area (Å²) >= 11 is 1.65. The van der Waals surface area contributed by atoms with Crippen molar-refractivity contribution in [1.82, 2.24) is 10.2 Å². The van der Waals surface area contributed by atoms with Gasteiger partial charge in [-0.3, -0.25) is 10.1 Å². The quantitative estimate of drug-likeness (QED) is 0.770. The number of rotatable bonds is 8. The van der Waals surface area contributed by atoms with E-state index in [-0.39, 0.29) is 0 Å². The number of nitrogens with zero attached hydrogens (tertiary/aromatic N) is 1. The van der Waals surface area contributed by atoms with Crippen LogP contribution in [0.1, 0.15) is 35.2 Å². The van der Waals surface area contributed by atoms with Crippen LogP contribution in [0, 0.1) is 13.8 Å². The minimum atomic E-state index is -0.805. The van der Waals surface area contributed by atoms with Crippen molar-refractivity contribution in [3.8, 4) is 0 Å². The summed E-state index contributed by atoms with van der Waals surface area (Å²) < 4.78 is 0. The molecule has 0 aliphatic rings. The molecule has 0 bridgehead atoms. The average Bonchev–Trinajstić information content (AvgIpc) is 2.68. The van der Waals surface area contributed by atoms with Crippen molar-refractivity contribution in [3.63, 3.8) is 0 Å². The minimum Gasteiger partial charge on any atom is -0.480 e. The third kappa shape index (κ3) is 4.60. The number of aryl methyl sites for hydroxylation is 2. The molecule has 0 saturated heterocycles. The van der Waals surface area contributed by atoms with Gasteiger partial charge in [-0.05, 0) is 38.6 Å². The first kappa shape index (κ1) is 16.1. The highest BCUT2D eigenvalue weighted by atomic mass is 32.1. The molecule has 0 radical (unpaired) electrons. The van der Waals surface area contributed by atoms with Gasteiger partial charge < -0.3 is 10.0 Å². The van der Waals surface area contributed by atoms with Gasteiger partial charge in [0.25, 0.3) is 0 Å². The Morgan fingerprint density at radius 2 is 2.05 bits per heavy atom. The molecule has 1 rings (SSSR count). The lowest BCUT2D eigenvalue weighted by Gasteiger charge is -2.20. The van der Waals surface area contributed by atoms with E-state index in [1.54, 1.807) is 11.3 Å². The molecular weight excluding hydrogens is 260 g/mol. The first-order valence-corrected chi connectivity index (χ1v) is 7.56. The van der Waals surface area contributed by atoms with Crippen LogP contribution in [0.4, 0.5) is 0 Å². The van der Waals surface area contributed by atoms with Crippen LogP contribution < -0.4 is 5.32 Å². The highest BCUT2D eigenvalue weighted by Gasteiger charge is 2.22. The fourth-order valence-electron chi connectivity index (χ4n) is 2.17. The molecule has 5 heteroatoms. The monoisotopic (exact) mass is 284 g/mol. The molecule has 1 aromatic heterocycles. The Hall–Kier alpha value is -0.910. The molecule has 0 aromatic carbocycles. The molecule has 2 N–H and O–H groups in total. The van der Waals surface area contributed by atoms with E-state index in [0.717, 1.165) is 35.0 Å². The number of carboxylic acids is 1. The SMILES string of the molecule is CCN(CC)CCNC(C(=O)O)c1cc(C)sc1C. The number of aliphatic carboxylic acids is 1. The molecular formula is C14H24N2O2S. The van der Waals surface area contributed by atoms with Gasteiger partial charge in [0.1, 0.15) is 6.04 Å². The van der Waals surface area contributed by atoms with Crippen molar-refractivity contribution in [3.05, 3.63) is 21.4 Å². The molecule has 1 heterocycles. The lowest BCUT2D eigenvalue weighted by Crippen LogP contribution is -2.36. The highest BCUT2D eigenvalue weighted by Crippen LogP contribution is 2.26. The third-order valence-electron chi connectivity index (χ3n) is 3.31. The molecule has 0 amide bonds. The summed E-state index contributed by atoms with van der Waals surface area (Å²) in [6.45, 7) is 11.8. The lowest BCUT2D eigenvalue weighted by atomic mass is 10.1. The predicted octanol–water partition coefficient (Wildman–Crippen LogP) is 2.42. The summed E-state index contributed by atoms with van der Waals surface area (Å²) in [6.07, 6.45) is 0. The maximum atomic E-state index is 11.4. The maximum Gasteiger partial charge on any atom is 0.325 e. The van der Waals surface area contributed by atoms with Crippen molar-refractivity contribution in [2.45, 2.75) is 33.7 Å². The largest absolute Gasteiger partial charge is 0.480 e. The third-order valence-corrected chi connectivity index (χ3v) is 4.29. The Labute approximate surface area is 119 Å². The molecule has 1 atom stereocenters. The molecule has 0 spiro atoms. The Kier molecular flexibility index (Phi) is 6.48. The van der Waals surface area contributed by atoms with Gasteiger partial charge in [0.15, 0.2) is 0 Å². The molecule has 0 fully saturated rings. The second-order valence-corrected chi connectivity index (χ2v) is 6.08. The van der Waals surface area contributed by atoms with Crippen molar-refractivity contribution in [2.75, 3.05) is 26.2 Å². The van der Waals surface area contributed by atoms with Crippen LogP contribution in [0.25, 0.3) is 0 Å². The van der Waals surface area contributed by atoms with Crippen molar-refractivity contribution >= 4 is 17.3 Å². The smallest absolute Gasteiger partial charge is 0.325 e. The molecule has 1 unspecified atom stereocenters. The molecule has 0 saturated carbocycles. The van der Waals surface area contributed by atoms with Crippen molar-refractivity contribution in [1.29, 1.82) is 0 Å². The topological polar surface area (TPSA) is 52.6 Å². The standard InChI is InChI=1S/C14H24N2O2S/c1-5-16(6-2)8-7-15-13(14(17)18)12-9-10(3)19-11(12)4/h9,13,15H,5-8H2,1-4H3,(H,17,18). The summed E-state index contributed by atoms with van der Waals surface area (Å²) in [4.78, 5) is 15.9. The molecule has 1 aromatic rings. The summed E-state index contributed by atoms with van der Waals surface area (Å²) in [5.41, 5.74) is 0.898. The van der Waals surface area contributed by atoms with Gasteiger partial charge in [-0.2, -0.15) is 0 Å². The van der Waals surface area contributed by atoms with E-state index >= 15 is 0 Å².